The van der Waals surface area contributed by atoms with Crippen LogP contribution < -0.4 is 10.2 Å². The quantitative estimate of drug-likeness (QED) is 0.489. The first kappa shape index (κ1) is 20.1. The van der Waals surface area contributed by atoms with Crippen molar-refractivity contribution < 1.29 is 9.53 Å². The summed E-state index contributed by atoms with van der Waals surface area (Å²) in [5.41, 5.74) is 2.00. The highest BCUT2D eigenvalue weighted by Crippen LogP contribution is 2.36. The van der Waals surface area contributed by atoms with Gasteiger partial charge in [0.25, 0.3) is 0 Å². The highest BCUT2D eigenvalue weighted by atomic mass is 35.5. The van der Waals surface area contributed by atoms with Crippen LogP contribution in [0.4, 0.5) is 5.82 Å². The van der Waals surface area contributed by atoms with E-state index in [4.69, 9.17) is 16.3 Å². The van der Waals surface area contributed by atoms with Gasteiger partial charge in [0.1, 0.15) is 15.5 Å². The summed E-state index contributed by atoms with van der Waals surface area (Å²) in [7, 11) is 0. The maximum Gasteiger partial charge on any atom is 0.348 e. The molecule has 0 atom stereocenters. The fourth-order valence-corrected chi connectivity index (χ4v) is 4.83. The van der Waals surface area contributed by atoms with Crippen LogP contribution in [0.5, 0.6) is 0 Å². The van der Waals surface area contributed by atoms with Gasteiger partial charge in [-0.05, 0) is 42.6 Å². The van der Waals surface area contributed by atoms with Gasteiger partial charge >= 0.3 is 5.97 Å². The van der Waals surface area contributed by atoms with Crippen LogP contribution in [0.15, 0.2) is 30.3 Å². The molecule has 0 saturated carbocycles. The molecule has 0 amide bonds. The van der Waals surface area contributed by atoms with E-state index in [1.54, 1.807) is 0 Å². The number of thiophene rings is 1. The Hall–Kier alpha value is -2.22. The molecule has 6 nitrogen and oxygen atoms in total. The molecule has 1 aliphatic heterocycles. The second kappa shape index (κ2) is 9.07. The van der Waals surface area contributed by atoms with Crippen molar-refractivity contribution in [1.29, 1.82) is 0 Å². The lowest BCUT2D eigenvalue weighted by Gasteiger charge is -2.22. The van der Waals surface area contributed by atoms with Gasteiger partial charge in [0.2, 0.25) is 5.28 Å². The summed E-state index contributed by atoms with van der Waals surface area (Å²) in [6.07, 6.45) is 1.72. The predicted molar refractivity (Wildman–Crippen MR) is 117 cm³/mol. The van der Waals surface area contributed by atoms with Gasteiger partial charge in [-0.3, -0.25) is 0 Å². The minimum atomic E-state index is -0.318. The van der Waals surface area contributed by atoms with Gasteiger partial charge in [0.05, 0.1) is 12.0 Å². The number of esters is 1. The van der Waals surface area contributed by atoms with E-state index in [9.17, 15) is 4.79 Å². The number of fused-ring (bicyclic) bond motifs is 1. The Labute approximate surface area is 178 Å². The highest BCUT2D eigenvalue weighted by Gasteiger charge is 2.24. The lowest BCUT2D eigenvalue weighted by Crippen LogP contribution is -2.29. The summed E-state index contributed by atoms with van der Waals surface area (Å²) in [5, 5.41) is 4.50. The molecule has 4 rings (SSSR count). The SMILES string of the molecule is Cc1c(C(=O)OCCc2ccccc2)sc2nc(Cl)nc(N3CCCNCC3)c12. The van der Waals surface area contributed by atoms with Crippen molar-refractivity contribution in [1.82, 2.24) is 15.3 Å². The summed E-state index contributed by atoms with van der Waals surface area (Å²) in [4.78, 5) is 25.1. The smallest absolute Gasteiger partial charge is 0.348 e. The van der Waals surface area contributed by atoms with Crippen molar-refractivity contribution in [3.63, 3.8) is 0 Å². The lowest BCUT2D eigenvalue weighted by atomic mass is 10.2. The van der Waals surface area contributed by atoms with Crippen LogP contribution in [0.3, 0.4) is 0 Å². The van der Waals surface area contributed by atoms with Crippen LogP contribution in [0.2, 0.25) is 5.28 Å². The van der Waals surface area contributed by atoms with Gasteiger partial charge in [-0.1, -0.05) is 30.3 Å². The van der Waals surface area contributed by atoms with Crippen molar-refractivity contribution in [3.8, 4) is 0 Å². The van der Waals surface area contributed by atoms with Gasteiger partial charge in [-0.2, -0.15) is 4.98 Å². The number of nitrogens with zero attached hydrogens (tertiary/aromatic N) is 3. The molecule has 3 aromatic rings. The maximum atomic E-state index is 12.7. The molecule has 152 valence electrons. The second-order valence-corrected chi connectivity index (χ2v) is 8.35. The fraction of sp³-hybridized carbons (Fsp3) is 0.381. The number of aryl methyl sites for hydroxylation is 1. The average molecular weight is 431 g/mol. The Morgan fingerprint density at radius 2 is 2.07 bits per heavy atom. The normalized spacial score (nSPS) is 14.8. The Morgan fingerprint density at radius 3 is 2.90 bits per heavy atom. The number of rotatable bonds is 5. The van der Waals surface area contributed by atoms with Crippen molar-refractivity contribution in [2.45, 2.75) is 19.8 Å². The molecule has 1 N–H and O–H groups in total. The Bertz CT molecular complexity index is 1000. The van der Waals surface area contributed by atoms with Crippen LogP contribution in [0.25, 0.3) is 10.2 Å². The first-order valence-corrected chi connectivity index (χ1v) is 11.0. The molecule has 2 aromatic heterocycles. The molecule has 8 heteroatoms. The van der Waals surface area contributed by atoms with Crippen LogP contribution in [0.1, 0.15) is 27.2 Å². The third-order valence-electron chi connectivity index (χ3n) is 5.04. The summed E-state index contributed by atoms with van der Waals surface area (Å²) in [6, 6.07) is 9.99. The van der Waals surface area contributed by atoms with E-state index in [1.165, 1.54) is 11.3 Å². The van der Waals surface area contributed by atoms with Gasteiger partial charge in [-0.15, -0.1) is 11.3 Å². The number of nitrogens with one attached hydrogen (secondary N) is 1. The number of anilines is 1. The molecule has 0 bridgehead atoms. The summed E-state index contributed by atoms with van der Waals surface area (Å²) in [5.74, 6) is 0.488. The molecule has 3 heterocycles. The van der Waals surface area contributed by atoms with Crippen LogP contribution in [0, 0.1) is 6.92 Å². The van der Waals surface area contributed by atoms with Gasteiger partial charge in [-0.25, -0.2) is 9.78 Å². The van der Waals surface area contributed by atoms with E-state index in [0.717, 1.165) is 59.8 Å². The number of carbonyl (C=O) groups excluding carboxylic acids is 1. The second-order valence-electron chi connectivity index (χ2n) is 7.01. The largest absolute Gasteiger partial charge is 0.461 e. The maximum absolute atomic E-state index is 12.7. The molecule has 0 spiro atoms. The first-order valence-electron chi connectivity index (χ1n) is 9.77. The molecule has 0 radical (unpaired) electrons. The zero-order chi connectivity index (χ0) is 20.2. The monoisotopic (exact) mass is 430 g/mol. The number of halogens is 1. The molecule has 1 aliphatic rings. The lowest BCUT2D eigenvalue weighted by molar-refractivity contribution is 0.0514. The number of benzene rings is 1. The Balaban J connectivity index is 1.58. The van der Waals surface area contributed by atoms with Crippen molar-refractivity contribution in [2.75, 3.05) is 37.7 Å². The predicted octanol–water partition coefficient (Wildman–Crippen LogP) is 3.85. The van der Waals surface area contributed by atoms with E-state index < -0.39 is 0 Å². The zero-order valence-corrected chi connectivity index (χ0v) is 17.9. The topological polar surface area (TPSA) is 67.3 Å². The van der Waals surface area contributed by atoms with Crippen LogP contribution in [-0.2, 0) is 11.2 Å². The molecule has 1 aromatic carbocycles. The van der Waals surface area contributed by atoms with Crippen LogP contribution in [-0.4, -0.2) is 48.7 Å². The number of aromatic nitrogens is 2. The van der Waals surface area contributed by atoms with Crippen molar-refractivity contribution in [2.24, 2.45) is 0 Å². The standard InChI is InChI=1S/C21H23ClN4O2S/c1-14-16-18(26-11-5-9-23-10-12-26)24-21(22)25-19(16)29-17(14)20(27)28-13-8-15-6-3-2-4-7-15/h2-4,6-7,23H,5,8-13H2,1H3. The highest BCUT2D eigenvalue weighted by molar-refractivity contribution is 7.20. The summed E-state index contributed by atoms with van der Waals surface area (Å²) >= 11 is 7.53. The number of hydrogen-bond donors (Lipinski definition) is 1. The third-order valence-corrected chi connectivity index (χ3v) is 6.37. The molecular weight excluding hydrogens is 408 g/mol. The number of ether oxygens (including phenoxy) is 1. The van der Waals surface area contributed by atoms with E-state index in [0.29, 0.717) is 17.9 Å². The molecule has 0 aliphatic carbocycles. The molecule has 29 heavy (non-hydrogen) atoms. The molecular formula is C21H23ClN4O2S. The number of hydrogen-bond acceptors (Lipinski definition) is 7. The summed E-state index contributed by atoms with van der Waals surface area (Å²) in [6.45, 7) is 5.88. The third kappa shape index (κ3) is 4.52. The fourth-order valence-electron chi connectivity index (χ4n) is 3.55. The first-order chi connectivity index (χ1) is 14.1. The van der Waals surface area contributed by atoms with Crippen molar-refractivity contribution in [3.05, 3.63) is 51.6 Å². The van der Waals surface area contributed by atoms with E-state index >= 15 is 0 Å². The molecule has 0 unspecified atom stereocenters. The van der Waals surface area contributed by atoms with Crippen LogP contribution >= 0.6 is 22.9 Å². The van der Waals surface area contributed by atoms with E-state index in [-0.39, 0.29) is 11.3 Å². The minimum absolute atomic E-state index is 0.204. The Kier molecular flexibility index (Phi) is 6.28. The van der Waals surface area contributed by atoms with Gasteiger partial charge in [0.15, 0.2) is 0 Å². The average Bonchev–Trinajstić information content (AvgIpc) is 2.89. The van der Waals surface area contributed by atoms with E-state index in [1.807, 2.05) is 37.3 Å². The van der Waals surface area contributed by atoms with Crippen molar-refractivity contribution >= 4 is 44.9 Å². The molecule has 1 fully saturated rings. The molecule has 1 saturated heterocycles. The minimum Gasteiger partial charge on any atom is -0.461 e. The van der Waals surface area contributed by atoms with Gasteiger partial charge in [0, 0.05) is 26.1 Å². The van der Waals surface area contributed by atoms with Gasteiger partial charge < -0.3 is 15.0 Å². The summed E-state index contributed by atoms with van der Waals surface area (Å²) < 4.78 is 5.54. The Morgan fingerprint density at radius 1 is 1.24 bits per heavy atom. The zero-order valence-electron chi connectivity index (χ0n) is 16.3. The van der Waals surface area contributed by atoms with E-state index in [2.05, 4.69) is 20.2 Å². The number of carbonyl (C=O) groups is 1.